The maximum absolute atomic E-state index is 7.41. The Morgan fingerprint density at radius 2 is 0.833 bits per heavy atom. The molecule has 2 aromatic heterocycles. The average Bonchev–Trinajstić information content (AvgIpc) is 3.62. The summed E-state index contributed by atoms with van der Waals surface area (Å²) >= 11 is 0. The molecule has 1 aliphatic carbocycles. The van der Waals surface area contributed by atoms with Gasteiger partial charge in [-0.1, -0.05) is 194 Å². The molecule has 0 saturated heterocycles. The van der Waals surface area contributed by atoms with E-state index >= 15 is 0 Å². The monoisotopic (exact) mass is 765 g/mol. The van der Waals surface area contributed by atoms with Crippen LogP contribution in [0.25, 0.3) is 78.2 Å². The summed E-state index contributed by atoms with van der Waals surface area (Å²) in [6.45, 7) is 0. The Hall–Kier alpha value is -7.95. The highest BCUT2D eigenvalue weighted by Crippen LogP contribution is 2.64. The molecule has 3 heterocycles. The molecule has 0 fully saturated rings. The molecule has 60 heavy (non-hydrogen) atoms. The molecule has 8 aromatic carbocycles. The summed E-state index contributed by atoms with van der Waals surface area (Å²) in [5.41, 5.74) is 16.5. The first-order valence-corrected chi connectivity index (χ1v) is 20.3. The van der Waals surface area contributed by atoms with Crippen molar-refractivity contribution in [3.05, 3.63) is 235 Å². The minimum Gasteiger partial charge on any atom is -0.455 e. The van der Waals surface area contributed by atoms with Crippen molar-refractivity contribution in [2.75, 3.05) is 0 Å². The Morgan fingerprint density at radius 1 is 0.350 bits per heavy atom. The van der Waals surface area contributed by atoms with Crippen molar-refractivity contribution in [1.82, 2.24) is 15.0 Å². The highest BCUT2D eigenvalue weighted by molar-refractivity contribution is 5.98. The van der Waals surface area contributed by atoms with Crippen molar-refractivity contribution in [3.63, 3.8) is 0 Å². The number of pyridine rings is 1. The van der Waals surface area contributed by atoms with E-state index in [0.29, 0.717) is 5.82 Å². The maximum Gasteiger partial charge on any atom is 0.160 e. The van der Waals surface area contributed by atoms with Crippen LogP contribution in [0.2, 0.25) is 0 Å². The fraction of sp³-hybridized carbons (Fsp3) is 0.0179. The average molecular weight is 766 g/mol. The summed E-state index contributed by atoms with van der Waals surface area (Å²) in [5.74, 6) is 2.39. The third-order valence-electron chi connectivity index (χ3n) is 12.2. The molecule has 0 amide bonds. The Kier molecular flexibility index (Phi) is 7.72. The van der Waals surface area contributed by atoms with Crippen LogP contribution in [0.15, 0.2) is 212 Å². The lowest BCUT2D eigenvalue weighted by Gasteiger charge is -2.40. The van der Waals surface area contributed by atoms with Gasteiger partial charge in [-0.2, -0.15) is 0 Å². The molecule has 12 rings (SSSR count). The van der Waals surface area contributed by atoms with Crippen molar-refractivity contribution in [2.24, 2.45) is 0 Å². The lowest BCUT2D eigenvalue weighted by atomic mass is 9.65. The van der Waals surface area contributed by atoms with Gasteiger partial charge in [-0.05, 0) is 39.9 Å². The molecular weight excluding hydrogens is 731 g/mol. The second-order valence-corrected chi connectivity index (χ2v) is 15.5. The molecule has 10 aromatic rings. The molecule has 0 bridgehead atoms. The molecule has 4 heteroatoms. The van der Waals surface area contributed by atoms with Gasteiger partial charge in [0, 0.05) is 56.1 Å². The number of aromatic nitrogens is 3. The topological polar surface area (TPSA) is 47.9 Å². The van der Waals surface area contributed by atoms with Gasteiger partial charge < -0.3 is 4.74 Å². The number of benzene rings is 8. The second-order valence-electron chi connectivity index (χ2n) is 15.5. The van der Waals surface area contributed by atoms with Crippen LogP contribution in [-0.4, -0.2) is 15.0 Å². The zero-order chi connectivity index (χ0) is 39.6. The molecule has 0 N–H and O–H groups in total. The van der Waals surface area contributed by atoms with Crippen molar-refractivity contribution in [1.29, 1.82) is 0 Å². The Balaban J connectivity index is 1.06. The number of fused-ring (bicyclic) bond motifs is 10. The Morgan fingerprint density at radius 3 is 1.52 bits per heavy atom. The van der Waals surface area contributed by atoms with Crippen LogP contribution in [0.4, 0.5) is 0 Å². The van der Waals surface area contributed by atoms with Gasteiger partial charge >= 0.3 is 0 Å². The van der Waals surface area contributed by atoms with Crippen molar-refractivity contribution < 1.29 is 4.74 Å². The minimum absolute atomic E-state index is 0.622. The van der Waals surface area contributed by atoms with Crippen LogP contribution in [0.3, 0.4) is 0 Å². The predicted molar refractivity (Wildman–Crippen MR) is 242 cm³/mol. The standard InChI is InChI=1S/C56H35N3O/c1-3-15-37(16-4-1)50-35-51(59-55(58-50)40-17-5-2-6-18-40)38-32-30-36(31-33-38)41-23-12-28-48-53(41)60-54-45(44-24-11-19-39-20-14-34-57-52(39)44)25-13-29-49(54)56(48)46-26-9-7-21-42(46)43-22-8-10-27-47(43)56/h1-35H. The molecule has 4 nitrogen and oxygen atoms in total. The van der Waals surface area contributed by atoms with E-state index in [4.69, 9.17) is 19.7 Å². The number of ether oxygens (including phenoxy) is 1. The lowest BCUT2D eigenvalue weighted by molar-refractivity contribution is 0.440. The lowest BCUT2D eigenvalue weighted by Crippen LogP contribution is -2.32. The first-order chi connectivity index (χ1) is 29.8. The van der Waals surface area contributed by atoms with Crippen molar-refractivity contribution in [3.8, 4) is 78.8 Å². The summed E-state index contributed by atoms with van der Waals surface area (Å²) < 4.78 is 7.41. The van der Waals surface area contributed by atoms with Crippen LogP contribution in [0.1, 0.15) is 22.3 Å². The van der Waals surface area contributed by atoms with Crippen molar-refractivity contribution in [2.45, 2.75) is 5.41 Å². The van der Waals surface area contributed by atoms with Gasteiger partial charge in [0.25, 0.3) is 0 Å². The summed E-state index contributed by atoms with van der Waals surface area (Å²) in [6, 6.07) is 72.8. The van der Waals surface area contributed by atoms with E-state index in [-0.39, 0.29) is 0 Å². The highest BCUT2D eigenvalue weighted by atomic mass is 16.5. The highest BCUT2D eigenvalue weighted by Gasteiger charge is 2.52. The summed E-state index contributed by atoms with van der Waals surface area (Å²) in [6.07, 6.45) is 1.87. The molecule has 0 radical (unpaired) electrons. The van der Waals surface area contributed by atoms with E-state index in [2.05, 4.69) is 164 Å². The van der Waals surface area contributed by atoms with Crippen LogP contribution in [0.5, 0.6) is 11.5 Å². The quantitative estimate of drug-likeness (QED) is 0.175. The van der Waals surface area contributed by atoms with Gasteiger partial charge in [-0.15, -0.1) is 0 Å². The Bertz CT molecular complexity index is 3180. The van der Waals surface area contributed by atoms with E-state index < -0.39 is 5.41 Å². The maximum atomic E-state index is 7.41. The largest absolute Gasteiger partial charge is 0.455 e. The minimum atomic E-state index is -0.622. The summed E-state index contributed by atoms with van der Waals surface area (Å²) in [5, 5.41) is 1.09. The summed E-state index contributed by atoms with van der Waals surface area (Å²) in [7, 11) is 0. The predicted octanol–water partition coefficient (Wildman–Crippen LogP) is 13.8. The van der Waals surface area contributed by atoms with Gasteiger partial charge in [0.2, 0.25) is 0 Å². The molecule has 0 unspecified atom stereocenters. The van der Waals surface area contributed by atoms with Gasteiger partial charge in [0.05, 0.1) is 22.3 Å². The normalized spacial score (nSPS) is 12.9. The molecular formula is C56H35N3O. The van der Waals surface area contributed by atoms with Gasteiger partial charge in [0.1, 0.15) is 11.5 Å². The third-order valence-corrected chi connectivity index (χ3v) is 12.2. The molecule has 0 atom stereocenters. The first kappa shape index (κ1) is 34.1. The fourth-order valence-corrected chi connectivity index (χ4v) is 9.60. The Labute approximate surface area is 348 Å². The smallest absolute Gasteiger partial charge is 0.160 e. The molecule has 0 saturated carbocycles. The van der Waals surface area contributed by atoms with E-state index in [1.807, 2.05) is 48.7 Å². The van der Waals surface area contributed by atoms with E-state index in [1.54, 1.807) is 0 Å². The van der Waals surface area contributed by atoms with Gasteiger partial charge in [-0.25, -0.2) is 9.97 Å². The molecule has 1 aliphatic heterocycles. The zero-order valence-corrected chi connectivity index (χ0v) is 32.5. The number of nitrogens with zero attached hydrogens (tertiary/aromatic N) is 3. The fourth-order valence-electron chi connectivity index (χ4n) is 9.60. The van der Waals surface area contributed by atoms with Gasteiger partial charge in [-0.3, -0.25) is 4.98 Å². The number of rotatable bonds is 5. The SMILES string of the molecule is c1ccc(-c2cc(-c3ccc(-c4cccc5c4Oc4c(-c6cccc7cccnc67)cccc4C54c5ccccc5-c5ccccc54)cc3)nc(-c3ccccc3)n2)cc1. The van der Waals surface area contributed by atoms with Gasteiger partial charge in [0.15, 0.2) is 5.82 Å². The zero-order valence-electron chi connectivity index (χ0n) is 32.5. The van der Waals surface area contributed by atoms with E-state index in [9.17, 15) is 0 Å². The molecule has 2 aliphatic rings. The molecule has 1 spiro atoms. The number of para-hydroxylation sites is 3. The van der Waals surface area contributed by atoms with Crippen LogP contribution in [0, 0.1) is 0 Å². The van der Waals surface area contributed by atoms with Crippen LogP contribution in [-0.2, 0) is 5.41 Å². The van der Waals surface area contributed by atoms with E-state index in [1.165, 1.54) is 22.3 Å². The number of hydrogen-bond donors (Lipinski definition) is 0. The number of hydrogen-bond acceptors (Lipinski definition) is 4. The first-order valence-electron chi connectivity index (χ1n) is 20.3. The molecule has 280 valence electrons. The van der Waals surface area contributed by atoms with E-state index in [0.717, 1.165) is 83.9 Å². The second kappa shape index (κ2) is 13.6. The van der Waals surface area contributed by atoms with Crippen LogP contribution < -0.4 is 4.74 Å². The summed E-state index contributed by atoms with van der Waals surface area (Å²) in [4.78, 5) is 15.0. The third kappa shape index (κ3) is 5.14. The van der Waals surface area contributed by atoms with Crippen molar-refractivity contribution >= 4 is 10.9 Å². The van der Waals surface area contributed by atoms with Crippen LogP contribution >= 0.6 is 0 Å².